The molecule has 0 amide bonds. The van der Waals surface area contributed by atoms with Crippen LogP contribution in [0.2, 0.25) is 0 Å². The summed E-state index contributed by atoms with van der Waals surface area (Å²) in [5, 5.41) is 10.7. The van der Waals surface area contributed by atoms with E-state index >= 15 is 0 Å². The molecule has 0 spiro atoms. The summed E-state index contributed by atoms with van der Waals surface area (Å²) in [6.07, 6.45) is 0.0612. The van der Waals surface area contributed by atoms with Crippen molar-refractivity contribution in [2.24, 2.45) is 0 Å². The Bertz CT molecular complexity index is 761. The van der Waals surface area contributed by atoms with Crippen LogP contribution in [-0.2, 0) is 11.2 Å². The zero-order valence-electron chi connectivity index (χ0n) is 11.7. The molecule has 0 saturated carbocycles. The Morgan fingerprint density at radius 3 is 2.36 bits per heavy atom. The first-order valence-corrected chi connectivity index (χ1v) is 7.71. The minimum absolute atomic E-state index is 0.0612. The maximum absolute atomic E-state index is 10.7. The lowest BCUT2D eigenvalue weighted by molar-refractivity contribution is -0.136. The van der Waals surface area contributed by atoms with Gasteiger partial charge in [0.2, 0.25) is 0 Å². The van der Waals surface area contributed by atoms with Gasteiger partial charge in [-0.2, -0.15) is 0 Å². The maximum atomic E-state index is 10.7. The molecule has 0 radical (unpaired) electrons. The fourth-order valence-corrected chi connectivity index (χ4v) is 3.03. The molecule has 3 nitrogen and oxygen atoms in total. The minimum Gasteiger partial charge on any atom is -0.481 e. The van der Waals surface area contributed by atoms with Gasteiger partial charge in [-0.1, -0.05) is 18.2 Å². The first-order valence-electron chi connectivity index (χ1n) is 6.83. The van der Waals surface area contributed by atoms with E-state index in [4.69, 9.17) is 9.84 Å². The van der Waals surface area contributed by atoms with Gasteiger partial charge in [0, 0.05) is 4.88 Å². The van der Waals surface area contributed by atoms with E-state index in [1.54, 1.807) is 11.3 Å². The Morgan fingerprint density at radius 2 is 1.68 bits per heavy atom. The van der Waals surface area contributed by atoms with Crippen LogP contribution in [0.1, 0.15) is 5.56 Å². The quantitative estimate of drug-likeness (QED) is 0.734. The molecule has 110 valence electrons. The van der Waals surface area contributed by atoms with Crippen molar-refractivity contribution in [2.75, 3.05) is 0 Å². The van der Waals surface area contributed by atoms with Crippen molar-refractivity contribution in [3.05, 3.63) is 71.6 Å². The van der Waals surface area contributed by atoms with Gasteiger partial charge in [-0.25, -0.2) is 0 Å². The van der Waals surface area contributed by atoms with Crippen molar-refractivity contribution in [3.63, 3.8) is 0 Å². The largest absolute Gasteiger partial charge is 0.481 e. The first-order chi connectivity index (χ1) is 10.7. The number of thiophene rings is 1. The number of rotatable bonds is 5. The van der Waals surface area contributed by atoms with Crippen LogP contribution in [0.15, 0.2) is 66.0 Å². The van der Waals surface area contributed by atoms with Crippen LogP contribution >= 0.6 is 11.3 Å². The molecule has 1 aromatic heterocycles. The lowest BCUT2D eigenvalue weighted by Gasteiger charge is -2.06. The second-order valence-corrected chi connectivity index (χ2v) is 5.74. The lowest BCUT2D eigenvalue weighted by atomic mass is 10.1. The number of aliphatic carboxylic acids is 1. The van der Waals surface area contributed by atoms with E-state index < -0.39 is 5.97 Å². The molecule has 3 rings (SSSR count). The Balaban J connectivity index is 1.73. The molecule has 1 heterocycles. The molecule has 0 aliphatic carbocycles. The average molecular weight is 310 g/mol. The highest BCUT2D eigenvalue weighted by Crippen LogP contribution is 2.30. The van der Waals surface area contributed by atoms with Crippen molar-refractivity contribution in [2.45, 2.75) is 6.42 Å². The van der Waals surface area contributed by atoms with E-state index in [0.717, 1.165) is 27.5 Å². The molecule has 0 bridgehead atoms. The van der Waals surface area contributed by atoms with Gasteiger partial charge in [0.25, 0.3) is 0 Å². The third-order valence-electron chi connectivity index (χ3n) is 3.13. The van der Waals surface area contributed by atoms with Crippen LogP contribution < -0.4 is 4.74 Å². The lowest BCUT2D eigenvalue weighted by Crippen LogP contribution is -1.97. The number of ether oxygens (including phenoxy) is 1. The molecule has 0 aliphatic rings. The van der Waals surface area contributed by atoms with E-state index in [1.807, 2.05) is 66.0 Å². The Kier molecular flexibility index (Phi) is 4.21. The van der Waals surface area contributed by atoms with E-state index in [9.17, 15) is 4.79 Å². The number of carboxylic acid groups (broad SMARTS) is 1. The highest BCUT2D eigenvalue weighted by molar-refractivity contribution is 7.13. The summed E-state index contributed by atoms with van der Waals surface area (Å²) in [5.41, 5.74) is 1.89. The van der Waals surface area contributed by atoms with Gasteiger partial charge in [-0.15, -0.1) is 11.3 Å². The second-order valence-electron chi connectivity index (χ2n) is 4.83. The summed E-state index contributed by atoms with van der Waals surface area (Å²) < 4.78 is 5.75. The second kappa shape index (κ2) is 6.45. The number of carbonyl (C=O) groups is 1. The van der Waals surface area contributed by atoms with Crippen LogP contribution in [0.4, 0.5) is 0 Å². The number of hydrogen-bond donors (Lipinski definition) is 1. The smallest absolute Gasteiger partial charge is 0.307 e. The maximum Gasteiger partial charge on any atom is 0.307 e. The highest BCUT2D eigenvalue weighted by atomic mass is 32.1. The predicted octanol–water partition coefficient (Wildman–Crippen LogP) is 4.83. The number of carboxylic acids is 1. The molecule has 0 fully saturated rings. The van der Waals surface area contributed by atoms with E-state index in [1.165, 1.54) is 0 Å². The molecule has 0 aliphatic heterocycles. The standard InChI is InChI=1S/C18H14O3S/c19-18(20)11-13-10-17(22-12-13)14-6-8-16(9-7-14)21-15-4-2-1-3-5-15/h1-10,12H,11H2,(H,19,20). The summed E-state index contributed by atoms with van der Waals surface area (Å²) >= 11 is 1.55. The predicted molar refractivity (Wildman–Crippen MR) is 87.6 cm³/mol. The Morgan fingerprint density at radius 1 is 1.00 bits per heavy atom. The Labute approximate surface area is 132 Å². The van der Waals surface area contributed by atoms with Gasteiger partial charge in [0.1, 0.15) is 11.5 Å². The number of hydrogen-bond acceptors (Lipinski definition) is 3. The summed E-state index contributed by atoms with van der Waals surface area (Å²) in [7, 11) is 0. The van der Waals surface area contributed by atoms with E-state index in [-0.39, 0.29) is 6.42 Å². The van der Waals surface area contributed by atoms with Gasteiger partial charge in [-0.3, -0.25) is 4.79 Å². The molecule has 4 heteroatoms. The molecule has 0 atom stereocenters. The van der Waals surface area contributed by atoms with Crippen molar-refractivity contribution in [1.29, 1.82) is 0 Å². The first kappa shape index (κ1) is 14.4. The summed E-state index contributed by atoms with van der Waals surface area (Å²) in [4.78, 5) is 11.8. The molecular formula is C18H14O3S. The van der Waals surface area contributed by atoms with Gasteiger partial charge < -0.3 is 9.84 Å². The molecule has 0 unspecified atom stereocenters. The molecule has 1 N–H and O–H groups in total. The van der Waals surface area contributed by atoms with E-state index in [0.29, 0.717) is 0 Å². The highest BCUT2D eigenvalue weighted by Gasteiger charge is 2.06. The van der Waals surface area contributed by atoms with Crippen LogP contribution in [0.3, 0.4) is 0 Å². The van der Waals surface area contributed by atoms with Gasteiger partial charge in [-0.05, 0) is 59.0 Å². The minimum atomic E-state index is -0.809. The zero-order valence-corrected chi connectivity index (χ0v) is 12.5. The molecule has 3 aromatic rings. The van der Waals surface area contributed by atoms with E-state index in [2.05, 4.69) is 0 Å². The third kappa shape index (κ3) is 3.54. The molecule has 0 saturated heterocycles. The van der Waals surface area contributed by atoms with Gasteiger partial charge >= 0.3 is 5.97 Å². The summed E-state index contributed by atoms with van der Waals surface area (Å²) in [6.45, 7) is 0. The van der Waals surface area contributed by atoms with Crippen molar-refractivity contribution in [1.82, 2.24) is 0 Å². The van der Waals surface area contributed by atoms with Gasteiger partial charge in [0.15, 0.2) is 0 Å². The summed E-state index contributed by atoms with van der Waals surface area (Å²) in [6, 6.07) is 19.3. The fourth-order valence-electron chi connectivity index (χ4n) is 2.11. The normalized spacial score (nSPS) is 10.4. The molecular weight excluding hydrogens is 296 g/mol. The average Bonchev–Trinajstić information content (AvgIpc) is 2.97. The van der Waals surface area contributed by atoms with Gasteiger partial charge in [0.05, 0.1) is 6.42 Å². The SMILES string of the molecule is O=C(O)Cc1csc(-c2ccc(Oc3ccccc3)cc2)c1. The van der Waals surface area contributed by atoms with Crippen LogP contribution in [0.5, 0.6) is 11.5 Å². The van der Waals surface area contributed by atoms with Crippen LogP contribution in [0.25, 0.3) is 10.4 Å². The van der Waals surface area contributed by atoms with Crippen molar-refractivity contribution < 1.29 is 14.6 Å². The monoisotopic (exact) mass is 310 g/mol. The fraction of sp³-hybridized carbons (Fsp3) is 0.0556. The molecule has 2 aromatic carbocycles. The van der Waals surface area contributed by atoms with Crippen LogP contribution in [-0.4, -0.2) is 11.1 Å². The Hall–Kier alpha value is -2.59. The van der Waals surface area contributed by atoms with Crippen molar-refractivity contribution >= 4 is 17.3 Å². The van der Waals surface area contributed by atoms with Crippen LogP contribution in [0, 0.1) is 0 Å². The van der Waals surface area contributed by atoms with Crippen molar-refractivity contribution in [3.8, 4) is 21.9 Å². The summed E-state index contributed by atoms with van der Waals surface area (Å²) in [5.74, 6) is 0.767. The molecule has 22 heavy (non-hydrogen) atoms. The third-order valence-corrected chi connectivity index (χ3v) is 4.15. The zero-order chi connectivity index (χ0) is 15.4. The number of para-hydroxylation sites is 1. The number of benzene rings is 2. The topological polar surface area (TPSA) is 46.5 Å².